The van der Waals surface area contributed by atoms with Crippen molar-refractivity contribution in [3.8, 4) is 34.1 Å². The number of benzene rings is 2. The number of carbonyl (C=O) groups excluding carboxylic acids is 1. The molecule has 8 heteroatoms. The normalized spacial score (nSPS) is 16.3. The van der Waals surface area contributed by atoms with Gasteiger partial charge in [-0.3, -0.25) is 4.79 Å². The Hall–Kier alpha value is -3.91. The fourth-order valence-corrected chi connectivity index (χ4v) is 4.72. The highest BCUT2D eigenvalue weighted by atomic mass is 16.5. The van der Waals surface area contributed by atoms with E-state index < -0.39 is 0 Å². The lowest BCUT2D eigenvalue weighted by atomic mass is 9.98. The second kappa shape index (κ2) is 9.76. The first-order valence-electron chi connectivity index (χ1n) is 11.8. The highest BCUT2D eigenvalue weighted by Crippen LogP contribution is 2.35. The number of phenols is 1. The number of aromatic nitrogens is 3. The van der Waals surface area contributed by atoms with Crippen molar-refractivity contribution in [2.45, 2.75) is 12.8 Å². The minimum atomic E-state index is -0.0928. The second-order valence-electron chi connectivity index (χ2n) is 9.09. The zero-order valence-corrected chi connectivity index (χ0v) is 19.9. The minimum Gasteiger partial charge on any atom is -0.507 e. The molecule has 180 valence electrons. The van der Waals surface area contributed by atoms with Gasteiger partial charge in [-0.05, 0) is 80.4 Å². The third-order valence-electron chi connectivity index (χ3n) is 6.54. The Bertz CT molecular complexity index is 1370. The molecular weight excluding hydrogens is 442 g/mol. The van der Waals surface area contributed by atoms with Crippen molar-refractivity contribution in [3.05, 3.63) is 60.3 Å². The van der Waals surface area contributed by atoms with E-state index in [1.54, 1.807) is 31.5 Å². The standard InChI is InChI=1S/C27H29N5O3/c1-32-12-4-5-17(16-32)15-29-26(34)19-7-9-22-23(14-19)31-25(30-22)21-13-18(8-10-24(21)33)20-6-3-11-28-27(20)35-2/h3,6-11,13-14,17,33H,4-5,12,15-16H2,1-2H3,(H,29,34)(H,30,31). The molecule has 1 aliphatic heterocycles. The summed E-state index contributed by atoms with van der Waals surface area (Å²) < 4.78 is 5.39. The average Bonchev–Trinajstić information content (AvgIpc) is 3.31. The van der Waals surface area contributed by atoms with Crippen LogP contribution in [0, 0.1) is 5.92 Å². The third-order valence-corrected chi connectivity index (χ3v) is 6.54. The van der Waals surface area contributed by atoms with Gasteiger partial charge in [0.1, 0.15) is 11.6 Å². The summed E-state index contributed by atoms with van der Waals surface area (Å²) in [4.78, 5) is 27.3. The number of imidazole rings is 1. The zero-order chi connectivity index (χ0) is 24.4. The van der Waals surface area contributed by atoms with Crippen LogP contribution in [0.5, 0.6) is 11.6 Å². The maximum absolute atomic E-state index is 12.8. The molecule has 1 atom stereocenters. The van der Waals surface area contributed by atoms with Crippen LogP contribution in [0.15, 0.2) is 54.7 Å². The number of ether oxygens (including phenoxy) is 1. The fourth-order valence-electron chi connectivity index (χ4n) is 4.72. The van der Waals surface area contributed by atoms with E-state index in [0.717, 1.165) is 36.2 Å². The summed E-state index contributed by atoms with van der Waals surface area (Å²) in [5, 5.41) is 13.6. The van der Waals surface area contributed by atoms with E-state index >= 15 is 0 Å². The molecule has 1 amide bonds. The number of fused-ring (bicyclic) bond motifs is 1. The summed E-state index contributed by atoms with van der Waals surface area (Å²) in [6.07, 6.45) is 3.98. The molecule has 0 bridgehead atoms. The molecule has 5 rings (SSSR count). The van der Waals surface area contributed by atoms with Gasteiger partial charge in [-0.25, -0.2) is 9.97 Å². The molecule has 1 unspecified atom stereocenters. The van der Waals surface area contributed by atoms with Crippen LogP contribution < -0.4 is 10.1 Å². The molecule has 0 radical (unpaired) electrons. The molecule has 1 saturated heterocycles. The van der Waals surface area contributed by atoms with Crippen LogP contribution in [0.2, 0.25) is 0 Å². The highest BCUT2D eigenvalue weighted by Gasteiger charge is 2.19. The number of pyridine rings is 1. The zero-order valence-electron chi connectivity index (χ0n) is 19.9. The predicted molar refractivity (Wildman–Crippen MR) is 136 cm³/mol. The van der Waals surface area contributed by atoms with Crippen LogP contribution in [0.3, 0.4) is 0 Å². The Labute approximate surface area is 204 Å². The van der Waals surface area contributed by atoms with Crippen LogP contribution in [0.1, 0.15) is 23.2 Å². The van der Waals surface area contributed by atoms with Crippen LogP contribution in [-0.2, 0) is 0 Å². The average molecular weight is 472 g/mol. The lowest BCUT2D eigenvalue weighted by Crippen LogP contribution is -2.39. The van der Waals surface area contributed by atoms with Crippen LogP contribution in [0.25, 0.3) is 33.5 Å². The van der Waals surface area contributed by atoms with E-state index in [1.807, 2.05) is 30.3 Å². The molecular formula is C27H29N5O3. The number of carbonyl (C=O) groups is 1. The fraction of sp³-hybridized carbons (Fsp3) is 0.296. The van der Waals surface area contributed by atoms with E-state index in [9.17, 15) is 9.90 Å². The Balaban J connectivity index is 1.39. The Morgan fingerprint density at radius 1 is 1.23 bits per heavy atom. The molecule has 1 fully saturated rings. The van der Waals surface area contributed by atoms with Gasteiger partial charge in [0.15, 0.2) is 0 Å². The quantitative estimate of drug-likeness (QED) is 0.392. The number of hydrogen-bond acceptors (Lipinski definition) is 6. The number of phenolic OH excluding ortho intramolecular Hbond substituents is 1. The van der Waals surface area contributed by atoms with E-state index in [0.29, 0.717) is 40.8 Å². The summed E-state index contributed by atoms with van der Waals surface area (Å²) in [6.45, 7) is 2.81. The molecule has 2 aromatic heterocycles. The molecule has 0 spiro atoms. The third kappa shape index (κ3) is 4.83. The maximum Gasteiger partial charge on any atom is 0.251 e. The second-order valence-corrected chi connectivity index (χ2v) is 9.09. The summed E-state index contributed by atoms with van der Waals surface area (Å²) in [6, 6.07) is 14.5. The highest BCUT2D eigenvalue weighted by molar-refractivity contribution is 5.97. The summed E-state index contributed by atoms with van der Waals surface area (Å²) in [5.74, 6) is 1.51. The number of aromatic amines is 1. The minimum absolute atomic E-state index is 0.0928. The number of piperidine rings is 1. The van der Waals surface area contributed by atoms with Crippen molar-refractivity contribution in [1.29, 1.82) is 0 Å². The van der Waals surface area contributed by atoms with E-state index in [-0.39, 0.29) is 11.7 Å². The largest absolute Gasteiger partial charge is 0.507 e. The molecule has 0 saturated carbocycles. The van der Waals surface area contributed by atoms with Gasteiger partial charge in [-0.1, -0.05) is 6.07 Å². The lowest BCUT2D eigenvalue weighted by Gasteiger charge is -2.29. The molecule has 0 aliphatic carbocycles. The SMILES string of the molecule is COc1ncccc1-c1ccc(O)c(-c2nc3ccc(C(=O)NCC4CCCN(C)C4)cc3[nH]2)c1. The van der Waals surface area contributed by atoms with Crippen molar-refractivity contribution in [2.75, 3.05) is 33.8 Å². The summed E-state index contributed by atoms with van der Waals surface area (Å²) >= 11 is 0. The molecule has 4 aromatic rings. The van der Waals surface area contributed by atoms with Gasteiger partial charge in [0.05, 0.1) is 23.7 Å². The van der Waals surface area contributed by atoms with Crippen molar-refractivity contribution >= 4 is 16.9 Å². The van der Waals surface area contributed by atoms with Gasteiger partial charge in [0, 0.05) is 30.4 Å². The number of nitrogens with one attached hydrogen (secondary N) is 2. The van der Waals surface area contributed by atoms with E-state index in [4.69, 9.17) is 4.74 Å². The molecule has 3 N–H and O–H groups in total. The van der Waals surface area contributed by atoms with Gasteiger partial charge in [0.25, 0.3) is 5.91 Å². The monoisotopic (exact) mass is 471 g/mol. The van der Waals surface area contributed by atoms with Gasteiger partial charge in [0.2, 0.25) is 5.88 Å². The Morgan fingerprint density at radius 2 is 2.11 bits per heavy atom. The molecule has 2 aromatic carbocycles. The van der Waals surface area contributed by atoms with Crippen LogP contribution in [-0.4, -0.2) is 64.7 Å². The predicted octanol–water partition coefficient (Wildman–Crippen LogP) is 4.08. The van der Waals surface area contributed by atoms with Crippen LogP contribution in [0.4, 0.5) is 0 Å². The molecule has 35 heavy (non-hydrogen) atoms. The summed E-state index contributed by atoms with van der Waals surface area (Å²) in [5.41, 5.74) is 4.24. The first kappa shape index (κ1) is 22.9. The first-order valence-corrected chi connectivity index (χ1v) is 11.8. The lowest BCUT2D eigenvalue weighted by molar-refractivity contribution is 0.0937. The first-order chi connectivity index (χ1) is 17.0. The number of nitrogens with zero attached hydrogens (tertiary/aromatic N) is 3. The van der Waals surface area contributed by atoms with Crippen LogP contribution >= 0.6 is 0 Å². The van der Waals surface area contributed by atoms with Gasteiger partial charge in [-0.2, -0.15) is 0 Å². The van der Waals surface area contributed by atoms with Crippen molar-refractivity contribution in [1.82, 2.24) is 25.2 Å². The number of methoxy groups -OCH3 is 1. The van der Waals surface area contributed by atoms with E-state index in [1.165, 1.54) is 6.42 Å². The molecule has 8 nitrogen and oxygen atoms in total. The maximum atomic E-state index is 12.8. The topological polar surface area (TPSA) is 103 Å². The molecule has 1 aliphatic rings. The number of amides is 1. The number of rotatable bonds is 6. The van der Waals surface area contributed by atoms with E-state index in [2.05, 4.69) is 32.2 Å². The van der Waals surface area contributed by atoms with Crippen molar-refractivity contribution in [3.63, 3.8) is 0 Å². The van der Waals surface area contributed by atoms with Gasteiger partial charge >= 0.3 is 0 Å². The Kier molecular flexibility index (Phi) is 6.37. The smallest absolute Gasteiger partial charge is 0.251 e. The van der Waals surface area contributed by atoms with Gasteiger partial charge < -0.3 is 25.0 Å². The number of hydrogen-bond donors (Lipinski definition) is 3. The number of likely N-dealkylation sites (tertiary alicyclic amines) is 1. The van der Waals surface area contributed by atoms with Crippen molar-refractivity contribution < 1.29 is 14.6 Å². The van der Waals surface area contributed by atoms with Gasteiger partial charge in [-0.15, -0.1) is 0 Å². The summed E-state index contributed by atoms with van der Waals surface area (Å²) in [7, 11) is 3.70. The number of aromatic hydroxyl groups is 1. The molecule has 3 heterocycles. The number of H-pyrrole nitrogens is 1. The Morgan fingerprint density at radius 3 is 2.94 bits per heavy atom. The van der Waals surface area contributed by atoms with Crippen molar-refractivity contribution in [2.24, 2.45) is 5.92 Å².